The van der Waals surface area contributed by atoms with Crippen LogP contribution in [0.1, 0.15) is 12.8 Å². The zero-order valence-corrected chi connectivity index (χ0v) is 5.88. The lowest BCUT2D eigenvalue weighted by molar-refractivity contribution is 0.102. The number of piperidine rings is 1. The number of fused-ring (bicyclic) bond motifs is 2. The van der Waals surface area contributed by atoms with Gasteiger partial charge in [-0.05, 0) is 24.6 Å². The van der Waals surface area contributed by atoms with Crippen LogP contribution in [0.5, 0.6) is 0 Å². The molecule has 2 rings (SSSR count). The molecule has 0 amide bonds. The molecule has 2 aliphatic rings. The van der Waals surface area contributed by atoms with Crippen molar-refractivity contribution in [3.63, 3.8) is 0 Å². The summed E-state index contributed by atoms with van der Waals surface area (Å²) in [7, 11) is 0. The Kier molecular flexibility index (Phi) is 1.22. The molecule has 3 heteroatoms. The zero-order valence-electron chi connectivity index (χ0n) is 5.13. The third-order valence-corrected chi connectivity index (χ3v) is 2.85. The molecule has 0 aromatic carbocycles. The molecule has 1 saturated carbocycles. The molecule has 2 bridgehead atoms. The number of hydrogen-bond acceptors (Lipinski definition) is 2. The Labute approximate surface area is 59.5 Å². The lowest BCUT2D eigenvalue weighted by Crippen LogP contribution is -2.30. The lowest BCUT2D eigenvalue weighted by Gasteiger charge is -2.22. The van der Waals surface area contributed by atoms with E-state index in [1.54, 1.807) is 0 Å². The van der Waals surface area contributed by atoms with E-state index < -0.39 is 0 Å². The summed E-state index contributed by atoms with van der Waals surface area (Å²) >= 11 is 5.80. The highest BCUT2D eigenvalue weighted by Gasteiger charge is 2.43. The largest absolute Gasteiger partial charge is 0.393 e. The molecule has 1 heterocycles. The van der Waals surface area contributed by atoms with Crippen LogP contribution in [0, 0.1) is 5.92 Å². The predicted molar refractivity (Wildman–Crippen MR) is 35.1 cm³/mol. The topological polar surface area (TPSA) is 23.5 Å². The molecule has 3 unspecified atom stereocenters. The number of aliphatic hydroxyl groups excluding tert-OH is 1. The Balaban J connectivity index is 2.10. The van der Waals surface area contributed by atoms with Gasteiger partial charge in [-0.3, -0.25) is 0 Å². The maximum absolute atomic E-state index is 9.25. The molecule has 1 aliphatic carbocycles. The minimum absolute atomic E-state index is 0.0648. The molecule has 0 radical (unpaired) electrons. The van der Waals surface area contributed by atoms with Crippen molar-refractivity contribution in [1.82, 2.24) is 4.42 Å². The SMILES string of the molecule is OC1CC2CC1CN2Cl. The monoisotopic (exact) mass is 147 g/mol. The highest BCUT2D eigenvalue weighted by atomic mass is 35.5. The summed E-state index contributed by atoms with van der Waals surface area (Å²) in [6.07, 6.45) is 1.92. The Morgan fingerprint density at radius 3 is 2.56 bits per heavy atom. The Hall–Kier alpha value is 0.210. The van der Waals surface area contributed by atoms with Crippen LogP contribution in [0.25, 0.3) is 0 Å². The van der Waals surface area contributed by atoms with E-state index in [9.17, 15) is 5.11 Å². The van der Waals surface area contributed by atoms with Gasteiger partial charge in [-0.1, -0.05) is 0 Å². The highest BCUT2D eigenvalue weighted by Crippen LogP contribution is 2.38. The Morgan fingerprint density at radius 2 is 2.22 bits per heavy atom. The van der Waals surface area contributed by atoms with Gasteiger partial charge in [-0.2, -0.15) is 0 Å². The first kappa shape index (κ1) is 5.96. The summed E-state index contributed by atoms with van der Waals surface area (Å²) in [5, 5.41) is 9.25. The average Bonchev–Trinajstić information content (AvgIpc) is 2.24. The van der Waals surface area contributed by atoms with Gasteiger partial charge in [-0.15, -0.1) is 0 Å². The van der Waals surface area contributed by atoms with Gasteiger partial charge in [0.15, 0.2) is 0 Å². The van der Waals surface area contributed by atoms with Crippen molar-refractivity contribution in [1.29, 1.82) is 0 Å². The second-order valence-corrected chi connectivity index (χ2v) is 3.47. The van der Waals surface area contributed by atoms with Gasteiger partial charge in [0.1, 0.15) is 0 Å². The minimum Gasteiger partial charge on any atom is -0.393 e. The molecule has 52 valence electrons. The van der Waals surface area contributed by atoms with E-state index in [1.807, 2.05) is 4.42 Å². The predicted octanol–water partition coefficient (Wildman–Crippen LogP) is 0.595. The van der Waals surface area contributed by atoms with E-state index >= 15 is 0 Å². The molecule has 2 fully saturated rings. The van der Waals surface area contributed by atoms with Gasteiger partial charge >= 0.3 is 0 Å². The average molecular weight is 148 g/mol. The number of aliphatic hydroxyl groups is 1. The van der Waals surface area contributed by atoms with E-state index in [0.29, 0.717) is 12.0 Å². The van der Waals surface area contributed by atoms with Crippen LogP contribution in [0.3, 0.4) is 0 Å². The summed E-state index contributed by atoms with van der Waals surface area (Å²) in [5.41, 5.74) is 0. The first-order valence-corrected chi connectivity index (χ1v) is 3.71. The fourth-order valence-electron chi connectivity index (χ4n) is 1.87. The first-order chi connectivity index (χ1) is 4.27. The van der Waals surface area contributed by atoms with Crippen molar-refractivity contribution in [2.24, 2.45) is 5.92 Å². The lowest BCUT2D eigenvalue weighted by atomic mass is 10.1. The van der Waals surface area contributed by atoms with Crippen molar-refractivity contribution in [3.05, 3.63) is 0 Å². The van der Waals surface area contributed by atoms with Crippen LogP contribution in [-0.2, 0) is 0 Å². The van der Waals surface area contributed by atoms with Gasteiger partial charge in [0.05, 0.1) is 6.10 Å². The summed E-state index contributed by atoms with van der Waals surface area (Å²) < 4.78 is 1.83. The van der Waals surface area contributed by atoms with E-state index in [0.717, 1.165) is 19.4 Å². The number of hydrogen-bond donors (Lipinski definition) is 1. The van der Waals surface area contributed by atoms with E-state index in [1.165, 1.54) is 0 Å². The molecule has 0 aromatic heterocycles. The maximum Gasteiger partial charge on any atom is 0.0597 e. The van der Waals surface area contributed by atoms with Crippen LogP contribution >= 0.6 is 11.8 Å². The van der Waals surface area contributed by atoms with E-state index in [-0.39, 0.29) is 6.10 Å². The third kappa shape index (κ3) is 0.775. The van der Waals surface area contributed by atoms with Crippen LogP contribution in [0.15, 0.2) is 0 Å². The fourth-order valence-corrected chi connectivity index (χ4v) is 2.21. The normalized spacial score (nSPS) is 50.7. The van der Waals surface area contributed by atoms with Gasteiger partial charge in [0, 0.05) is 18.5 Å². The molecule has 1 N–H and O–H groups in total. The molecular weight excluding hydrogens is 138 g/mol. The van der Waals surface area contributed by atoms with E-state index in [4.69, 9.17) is 11.8 Å². The van der Waals surface area contributed by atoms with Crippen molar-refractivity contribution < 1.29 is 5.11 Å². The molecule has 3 atom stereocenters. The second kappa shape index (κ2) is 1.84. The van der Waals surface area contributed by atoms with Gasteiger partial charge in [0.2, 0.25) is 0 Å². The standard InChI is InChI=1S/C6H10ClNO/c7-8-3-4-1-5(8)2-6(4)9/h4-6,9H,1-3H2. The molecule has 0 aromatic rings. The summed E-state index contributed by atoms with van der Waals surface area (Å²) in [6.45, 7) is 0.882. The van der Waals surface area contributed by atoms with Crippen molar-refractivity contribution in [2.75, 3.05) is 6.54 Å². The summed E-state index contributed by atoms with van der Waals surface area (Å²) in [4.78, 5) is 0. The first-order valence-electron chi connectivity index (χ1n) is 3.38. The third-order valence-electron chi connectivity index (χ3n) is 2.44. The van der Waals surface area contributed by atoms with Crippen molar-refractivity contribution >= 4 is 11.8 Å². The Morgan fingerprint density at radius 1 is 1.44 bits per heavy atom. The van der Waals surface area contributed by atoms with Crippen LogP contribution in [0.2, 0.25) is 0 Å². The minimum atomic E-state index is -0.0648. The molecule has 1 aliphatic heterocycles. The smallest absolute Gasteiger partial charge is 0.0597 e. The molecular formula is C6H10ClNO. The van der Waals surface area contributed by atoms with Crippen molar-refractivity contribution in [3.8, 4) is 0 Å². The zero-order chi connectivity index (χ0) is 6.43. The van der Waals surface area contributed by atoms with E-state index in [2.05, 4.69) is 0 Å². The van der Waals surface area contributed by atoms with Gasteiger partial charge in [-0.25, -0.2) is 4.42 Å². The summed E-state index contributed by atoms with van der Waals surface area (Å²) in [6, 6.07) is 0.465. The second-order valence-electron chi connectivity index (χ2n) is 3.03. The van der Waals surface area contributed by atoms with Crippen LogP contribution in [-0.4, -0.2) is 28.2 Å². The van der Waals surface area contributed by atoms with Gasteiger partial charge in [0.25, 0.3) is 0 Å². The quantitative estimate of drug-likeness (QED) is 0.508. The molecule has 2 nitrogen and oxygen atoms in total. The van der Waals surface area contributed by atoms with Crippen LogP contribution in [0.4, 0.5) is 0 Å². The fraction of sp³-hybridized carbons (Fsp3) is 1.00. The molecule has 0 spiro atoms. The highest BCUT2D eigenvalue weighted by molar-refractivity contribution is 6.13. The number of rotatable bonds is 0. The number of nitrogens with zero attached hydrogens (tertiary/aromatic N) is 1. The van der Waals surface area contributed by atoms with Crippen LogP contribution < -0.4 is 0 Å². The van der Waals surface area contributed by atoms with Crippen molar-refractivity contribution in [2.45, 2.75) is 25.0 Å². The van der Waals surface area contributed by atoms with Gasteiger partial charge < -0.3 is 5.11 Å². The molecule has 9 heavy (non-hydrogen) atoms. The maximum atomic E-state index is 9.25. The summed E-state index contributed by atoms with van der Waals surface area (Å²) in [5.74, 6) is 0.465. The number of halogens is 1. The Bertz CT molecular complexity index is 112. The molecule has 1 saturated heterocycles.